The van der Waals surface area contributed by atoms with Crippen molar-refractivity contribution >= 4 is 54.6 Å². The molecule has 0 spiro atoms. The maximum atomic E-state index is 5.51. The summed E-state index contributed by atoms with van der Waals surface area (Å²) >= 11 is 0. The molecule has 11 aromatic carbocycles. The van der Waals surface area contributed by atoms with Crippen molar-refractivity contribution in [3.05, 3.63) is 266 Å². The van der Waals surface area contributed by atoms with Gasteiger partial charge < -0.3 is 9.13 Å². The molecule has 360 valence electrons. The van der Waals surface area contributed by atoms with E-state index < -0.39 is 0 Å². The summed E-state index contributed by atoms with van der Waals surface area (Å²) in [6, 6.07) is 94.5. The van der Waals surface area contributed by atoms with Gasteiger partial charge in [-0.1, -0.05) is 197 Å². The second kappa shape index (κ2) is 18.1. The summed E-state index contributed by atoms with van der Waals surface area (Å²) in [5, 5.41) is 4.87. The lowest BCUT2D eigenvalue weighted by molar-refractivity contribution is 0.591. The van der Waals surface area contributed by atoms with E-state index in [1.807, 2.05) is 0 Å². The average Bonchev–Trinajstić information content (AvgIpc) is 4.09. The summed E-state index contributed by atoms with van der Waals surface area (Å²) in [4.78, 5) is 11.0. The van der Waals surface area contributed by atoms with Crippen molar-refractivity contribution in [2.45, 2.75) is 26.2 Å². The molecule has 4 nitrogen and oxygen atoms in total. The molecule has 0 radical (unpaired) electrons. The molecule has 3 aromatic heterocycles. The quantitative estimate of drug-likeness (QED) is 0.152. The Morgan fingerprint density at radius 3 is 0.882 bits per heavy atom. The van der Waals surface area contributed by atoms with Gasteiger partial charge in [0.15, 0.2) is 0 Å². The van der Waals surface area contributed by atoms with Crippen LogP contribution in [0, 0.1) is 0 Å². The fourth-order valence-electron chi connectivity index (χ4n) is 11.3. The van der Waals surface area contributed by atoms with Crippen molar-refractivity contribution in [3.8, 4) is 78.4 Å². The topological polar surface area (TPSA) is 35.6 Å². The van der Waals surface area contributed by atoms with Crippen LogP contribution in [-0.2, 0) is 5.41 Å². The minimum atomic E-state index is -0.0444. The van der Waals surface area contributed by atoms with Crippen molar-refractivity contribution < 1.29 is 0 Å². The normalized spacial score (nSPS) is 11.9. The van der Waals surface area contributed by atoms with Crippen molar-refractivity contribution in [1.29, 1.82) is 0 Å². The van der Waals surface area contributed by atoms with Crippen LogP contribution in [0.1, 0.15) is 26.3 Å². The van der Waals surface area contributed by atoms with Gasteiger partial charge in [-0.15, -0.1) is 0 Å². The second-order valence-corrected chi connectivity index (χ2v) is 21.0. The fourth-order valence-corrected chi connectivity index (χ4v) is 11.3. The highest BCUT2D eigenvalue weighted by atomic mass is 15.0. The van der Waals surface area contributed by atoms with E-state index in [9.17, 15) is 0 Å². The van der Waals surface area contributed by atoms with Gasteiger partial charge in [0.1, 0.15) is 0 Å². The van der Waals surface area contributed by atoms with Crippen molar-refractivity contribution in [3.63, 3.8) is 0 Å². The van der Waals surface area contributed by atoms with Crippen LogP contribution >= 0.6 is 0 Å². The van der Waals surface area contributed by atoms with Gasteiger partial charge in [0, 0.05) is 44.0 Å². The Balaban J connectivity index is 0.895. The van der Waals surface area contributed by atoms with Crippen LogP contribution < -0.4 is 0 Å². The van der Waals surface area contributed by atoms with Crippen LogP contribution in [0.15, 0.2) is 261 Å². The summed E-state index contributed by atoms with van der Waals surface area (Å²) in [6.45, 7) is 6.75. The lowest BCUT2D eigenvalue weighted by atomic mass is 9.87. The van der Waals surface area contributed by atoms with Gasteiger partial charge in [0.2, 0.25) is 0 Å². The first-order valence-corrected chi connectivity index (χ1v) is 26.2. The van der Waals surface area contributed by atoms with E-state index in [0.29, 0.717) is 0 Å². The van der Waals surface area contributed by atoms with Gasteiger partial charge in [0.05, 0.1) is 44.5 Å². The summed E-state index contributed by atoms with van der Waals surface area (Å²) in [5.74, 6) is 0. The minimum Gasteiger partial charge on any atom is -0.309 e. The summed E-state index contributed by atoms with van der Waals surface area (Å²) in [5.41, 5.74) is 23.0. The van der Waals surface area contributed by atoms with E-state index in [4.69, 9.17) is 9.97 Å². The predicted molar refractivity (Wildman–Crippen MR) is 320 cm³/mol. The SMILES string of the molecule is CC(C)(C)c1ccc2nc(-c3ccc(-n4c5ccc(-c6ccccc6)cc5c5cc(-c6ccccc6)ccc54)cc3)c(-c3ccc(-n4c5ccc(-c6ccccc6)cc5c5cc(-c6ccccc6)ccc54)cc3)nc2c1. The highest BCUT2D eigenvalue weighted by Crippen LogP contribution is 2.41. The minimum absolute atomic E-state index is 0.0444. The van der Waals surface area contributed by atoms with Gasteiger partial charge in [-0.25, -0.2) is 9.97 Å². The van der Waals surface area contributed by atoms with Crippen LogP contribution in [-0.4, -0.2) is 19.1 Å². The molecule has 3 heterocycles. The van der Waals surface area contributed by atoms with E-state index in [-0.39, 0.29) is 5.41 Å². The van der Waals surface area contributed by atoms with E-state index in [0.717, 1.165) is 67.0 Å². The molecule has 0 bridgehead atoms. The maximum absolute atomic E-state index is 5.51. The smallest absolute Gasteiger partial charge is 0.0973 e. The third-order valence-corrected chi connectivity index (χ3v) is 15.3. The number of fused-ring (bicyclic) bond motifs is 7. The number of hydrogen-bond donors (Lipinski definition) is 0. The Labute approximate surface area is 442 Å². The van der Waals surface area contributed by atoms with Gasteiger partial charge in [0.25, 0.3) is 0 Å². The summed E-state index contributed by atoms with van der Waals surface area (Å²) < 4.78 is 4.80. The van der Waals surface area contributed by atoms with Crippen LogP contribution in [0.2, 0.25) is 0 Å². The number of benzene rings is 11. The lowest BCUT2D eigenvalue weighted by Gasteiger charge is -2.19. The molecule has 0 atom stereocenters. The zero-order valence-electron chi connectivity index (χ0n) is 42.6. The molecule has 4 heteroatoms. The molecule has 0 saturated heterocycles. The monoisotopic (exact) mass is 972 g/mol. The molecule has 0 N–H and O–H groups in total. The molecule has 0 saturated carbocycles. The summed E-state index contributed by atoms with van der Waals surface area (Å²) in [6.07, 6.45) is 0. The van der Waals surface area contributed by atoms with Crippen molar-refractivity contribution in [1.82, 2.24) is 19.1 Å². The van der Waals surface area contributed by atoms with Gasteiger partial charge >= 0.3 is 0 Å². The zero-order valence-corrected chi connectivity index (χ0v) is 42.6. The molecule has 14 aromatic rings. The average molecular weight is 973 g/mol. The van der Waals surface area contributed by atoms with Crippen LogP contribution in [0.25, 0.3) is 133 Å². The van der Waals surface area contributed by atoms with E-state index in [1.54, 1.807) is 0 Å². The van der Waals surface area contributed by atoms with Crippen molar-refractivity contribution in [2.24, 2.45) is 0 Å². The number of rotatable bonds is 8. The third-order valence-electron chi connectivity index (χ3n) is 15.3. The number of aromatic nitrogens is 4. The zero-order chi connectivity index (χ0) is 50.9. The molecule has 0 unspecified atom stereocenters. The molecule has 0 aliphatic carbocycles. The molecular formula is C72H52N4. The largest absolute Gasteiger partial charge is 0.309 e. The Kier molecular flexibility index (Phi) is 10.7. The standard InChI is InChI=1S/C72H52N4/c1-72(2,3)57-32-37-64-65(46-57)74-71(52-26-35-59(36-27-52)76-68-40-30-55(49-20-12-6-13-21-49)44-62(68)63-45-56(31-41-69(63)76)50-22-14-7-15-23-50)70(73-64)51-24-33-58(34-25-51)75-66-38-28-53(47-16-8-4-9-17-47)42-60(66)61-43-54(29-39-67(61)75)48-18-10-5-11-19-48/h4-46H,1-3H3. The van der Waals surface area contributed by atoms with Crippen molar-refractivity contribution in [2.75, 3.05) is 0 Å². The molecule has 0 fully saturated rings. The van der Waals surface area contributed by atoms with Gasteiger partial charge in [-0.3, -0.25) is 0 Å². The van der Waals surface area contributed by atoms with Crippen LogP contribution in [0.4, 0.5) is 0 Å². The highest BCUT2D eigenvalue weighted by Gasteiger charge is 2.21. The first kappa shape index (κ1) is 45.0. The molecule has 0 amide bonds. The molecule has 0 aliphatic rings. The van der Waals surface area contributed by atoms with E-state index in [2.05, 4.69) is 291 Å². The Hall–Kier alpha value is -9.64. The lowest BCUT2D eigenvalue weighted by Crippen LogP contribution is -2.11. The first-order valence-electron chi connectivity index (χ1n) is 26.2. The first-order chi connectivity index (χ1) is 37.3. The number of hydrogen-bond acceptors (Lipinski definition) is 2. The van der Waals surface area contributed by atoms with Gasteiger partial charge in [-0.2, -0.15) is 0 Å². The fraction of sp³-hybridized carbons (Fsp3) is 0.0556. The maximum Gasteiger partial charge on any atom is 0.0973 e. The molecule has 14 rings (SSSR count). The van der Waals surface area contributed by atoms with E-state index >= 15 is 0 Å². The molecule has 76 heavy (non-hydrogen) atoms. The van der Waals surface area contributed by atoms with Gasteiger partial charge in [-0.05, 0) is 140 Å². The Morgan fingerprint density at radius 2 is 0.566 bits per heavy atom. The van der Waals surface area contributed by atoms with Crippen LogP contribution in [0.3, 0.4) is 0 Å². The Bertz CT molecular complexity index is 4300. The van der Waals surface area contributed by atoms with E-state index in [1.165, 1.54) is 71.6 Å². The molecule has 0 aliphatic heterocycles. The second-order valence-electron chi connectivity index (χ2n) is 21.0. The van der Waals surface area contributed by atoms with Crippen LogP contribution in [0.5, 0.6) is 0 Å². The molecular weight excluding hydrogens is 921 g/mol. The predicted octanol–water partition coefficient (Wildman–Crippen LogP) is 19.1. The summed E-state index contributed by atoms with van der Waals surface area (Å²) in [7, 11) is 0. The Morgan fingerprint density at radius 1 is 0.263 bits per heavy atom. The highest BCUT2D eigenvalue weighted by molar-refractivity contribution is 6.13. The third kappa shape index (κ3) is 7.86. The number of nitrogens with zero attached hydrogens (tertiary/aromatic N) is 4.